The molecule has 1 aliphatic carbocycles. The average molecular weight is 235 g/mol. The Kier molecular flexibility index (Phi) is 4.09. The number of aryl methyl sites for hydroxylation is 1. The predicted octanol–water partition coefficient (Wildman–Crippen LogP) is 1.89. The fourth-order valence-corrected chi connectivity index (χ4v) is 1.84. The molecule has 4 nitrogen and oxygen atoms in total. The molecule has 0 bridgehead atoms. The Hall–Kier alpha value is -1.42. The maximum atomic E-state index is 10.9. The second kappa shape index (κ2) is 5.77. The number of carbonyl (C=O) groups is 1. The first-order valence-electron chi connectivity index (χ1n) is 6.00. The molecule has 1 unspecified atom stereocenters. The number of aliphatic carboxylic acids is 1. The zero-order valence-electron chi connectivity index (χ0n) is 9.71. The van der Waals surface area contributed by atoms with E-state index in [0.29, 0.717) is 6.61 Å². The molecule has 0 saturated heterocycles. The second-order valence-corrected chi connectivity index (χ2v) is 4.43. The van der Waals surface area contributed by atoms with Gasteiger partial charge in [0.2, 0.25) is 0 Å². The van der Waals surface area contributed by atoms with Crippen LogP contribution < -0.4 is 0 Å². The number of nitrogens with zero attached hydrogens (tertiary/aromatic N) is 1. The van der Waals surface area contributed by atoms with Gasteiger partial charge >= 0.3 is 5.97 Å². The minimum atomic E-state index is -0.823. The Balaban J connectivity index is 1.67. The van der Waals surface area contributed by atoms with Gasteiger partial charge in [0.15, 0.2) is 6.10 Å². The molecule has 1 aromatic heterocycles. The summed E-state index contributed by atoms with van der Waals surface area (Å²) in [7, 11) is 0. The summed E-state index contributed by atoms with van der Waals surface area (Å²) in [4.78, 5) is 14.9. The van der Waals surface area contributed by atoms with Crippen molar-refractivity contribution in [2.45, 2.75) is 31.8 Å². The highest BCUT2D eigenvalue weighted by molar-refractivity contribution is 5.73. The molecule has 92 valence electrons. The number of carboxylic acids is 1. The van der Waals surface area contributed by atoms with Crippen LogP contribution >= 0.6 is 0 Å². The van der Waals surface area contributed by atoms with E-state index in [2.05, 4.69) is 4.98 Å². The zero-order valence-corrected chi connectivity index (χ0v) is 9.71. The van der Waals surface area contributed by atoms with Gasteiger partial charge in [0.05, 0.1) is 0 Å². The van der Waals surface area contributed by atoms with Crippen LogP contribution in [-0.4, -0.2) is 28.8 Å². The van der Waals surface area contributed by atoms with E-state index in [-0.39, 0.29) is 5.92 Å². The van der Waals surface area contributed by atoms with E-state index in [4.69, 9.17) is 9.84 Å². The smallest absolute Gasteiger partial charge is 0.333 e. The molecule has 17 heavy (non-hydrogen) atoms. The van der Waals surface area contributed by atoms with E-state index in [1.165, 1.54) is 5.56 Å². The fraction of sp³-hybridized carbons (Fsp3) is 0.538. The van der Waals surface area contributed by atoms with Crippen LogP contribution in [0, 0.1) is 5.92 Å². The van der Waals surface area contributed by atoms with Crippen LogP contribution in [-0.2, 0) is 16.0 Å². The van der Waals surface area contributed by atoms with Gasteiger partial charge in [-0.2, -0.15) is 0 Å². The van der Waals surface area contributed by atoms with Crippen LogP contribution in [0.5, 0.6) is 0 Å². The third-order valence-electron chi connectivity index (χ3n) is 2.95. The van der Waals surface area contributed by atoms with Gasteiger partial charge in [-0.15, -0.1) is 0 Å². The van der Waals surface area contributed by atoms with Crippen molar-refractivity contribution in [2.75, 3.05) is 6.61 Å². The first kappa shape index (κ1) is 12.0. The molecule has 0 aliphatic heterocycles. The topological polar surface area (TPSA) is 59.4 Å². The third-order valence-corrected chi connectivity index (χ3v) is 2.95. The lowest BCUT2D eigenvalue weighted by Gasteiger charge is -2.12. The summed E-state index contributed by atoms with van der Waals surface area (Å²) in [5.74, 6) is -0.579. The molecule has 0 aromatic carbocycles. The van der Waals surface area contributed by atoms with Crippen LogP contribution in [0.2, 0.25) is 0 Å². The van der Waals surface area contributed by atoms with Crippen LogP contribution in [0.3, 0.4) is 0 Å². The van der Waals surface area contributed by atoms with Crippen molar-refractivity contribution in [2.24, 2.45) is 5.92 Å². The van der Waals surface area contributed by atoms with Gasteiger partial charge in [0.25, 0.3) is 0 Å². The molecule has 1 fully saturated rings. The van der Waals surface area contributed by atoms with Crippen LogP contribution in [0.1, 0.15) is 24.8 Å². The minimum absolute atomic E-state index is 0.244. The molecule has 0 amide bonds. The highest BCUT2D eigenvalue weighted by atomic mass is 16.5. The normalized spacial score (nSPS) is 16.7. The van der Waals surface area contributed by atoms with Gasteiger partial charge in [0, 0.05) is 19.0 Å². The van der Waals surface area contributed by atoms with Crippen molar-refractivity contribution in [3.63, 3.8) is 0 Å². The molecular formula is C13H17NO3. The maximum Gasteiger partial charge on any atom is 0.333 e. The van der Waals surface area contributed by atoms with Gasteiger partial charge in [-0.05, 0) is 49.3 Å². The molecule has 1 aliphatic rings. The van der Waals surface area contributed by atoms with Crippen molar-refractivity contribution >= 4 is 5.97 Å². The van der Waals surface area contributed by atoms with E-state index in [1.54, 1.807) is 12.4 Å². The van der Waals surface area contributed by atoms with Gasteiger partial charge in [-0.25, -0.2) is 4.79 Å². The van der Waals surface area contributed by atoms with Crippen LogP contribution in [0.15, 0.2) is 24.5 Å². The summed E-state index contributed by atoms with van der Waals surface area (Å²) >= 11 is 0. The van der Waals surface area contributed by atoms with Crippen molar-refractivity contribution < 1.29 is 14.6 Å². The first-order chi connectivity index (χ1) is 8.27. The standard InChI is InChI=1S/C13H17NO3/c15-13(16)12(11-3-4-11)17-9-1-2-10-5-7-14-8-6-10/h5-8,11-12H,1-4,9H2,(H,15,16). The van der Waals surface area contributed by atoms with Crippen molar-refractivity contribution in [1.29, 1.82) is 0 Å². The lowest BCUT2D eigenvalue weighted by molar-refractivity contribution is -0.151. The Morgan fingerprint density at radius 1 is 1.47 bits per heavy atom. The summed E-state index contributed by atoms with van der Waals surface area (Å²) in [5.41, 5.74) is 1.21. The minimum Gasteiger partial charge on any atom is -0.479 e. The SMILES string of the molecule is O=C(O)C(OCCCc1ccncc1)C1CC1. The maximum absolute atomic E-state index is 10.9. The van der Waals surface area contributed by atoms with E-state index in [1.807, 2.05) is 12.1 Å². The number of hydrogen-bond donors (Lipinski definition) is 1. The summed E-state index contributed by atoms with van der Waals surface area (Å²) in [6.07, 6.45) is 6.66. The molecule has 1 aromatic rings. The van der Waals surface area contributed by atoms with E-state index >= 15 is 0 Å². The Morgan fingerprint density at radius 2 is 2.18 bits per heavy atom. The molecule has 2 rings (SSSR count). The predicted molar refractivity (Wildman–Crippen MR) is 62.7 cm³/mol. The number of carboxylic acid groups (broad SMARTS) is 1. The molecule has 1 N–H and O–H groups in total. The van der Waals surface area contributed by atoms with E-state index < -0.39 is 12.1 Å². The number of hydrogen-bond acceptors (Lipinski definition) is 3. The molecule has 0 radical (unpaired) electrons. The Labute approximate surface area is 101 Å². The van der Waals surface area contributed by atoms with Gasteiger partial charge in [0.1, 0.15) is 0 Å². The van der Waals surface area contributed by atoms with Crippen molar-refractivity contribution in [3.05, 3.63) is 30.1 Å². The lowest BCUT2D eigenvalue weighted by Crippen LogP contribution is -2.26. The molecule has 1 saturated carbocycles. The van der Waals surface area contributed by atoms with Gasteiger partial charge < -0.3 is 9.84 Å². The van der Waals surface area contributed by atoms with Gasteiger partial charge in [-0.1, -0.05) is 0 Å². The summed E-state index contributed by atoms with van der Waals surface area (Å²) in [6, 6.07) is 3.94. The highest BCUT2D eigenvalue weighted by Crippen LogP contribution is 2.34. The zero-order chi connectivity index (χ0) is 12.1. The Bertz CT molecular complexity index is 362. The summed E-state index contributed by atoms with van der Waals surface area (Å²) in [6.45, 7) is 0.510. The van der Waals surface area contributed by atoms with Gasteiger partial charge in [-0.3, -0.25) is 4.98 Å². The molecule has 0 spiro atoms. The van der Waals surface area contributed by atoms with E-state index in [0.717, 1.165) is 25.7 Å². The number of pyridine rings is 1. The lowest BCUT2D eigenvalue weighted by atomic mass is 10.1. The first-order valence-corrected chi connectivity index (χ1v) is 6.00. The number of ether oxygens (including phenoxy) is 1. The molecule has 1 heterocycles. The molecular weight excluding hydrogens is 218 g/mol. The van der Waals surface area contributed by atoms with Crippen molar-refractivity contribution in [3.8, 4) is 0 Å². The highest BCUT2D eigenvalue weighted by Gasteiger charge is 2.36. The summed E-state index contributed by atoms with van der Waals surface area (Å²) < 4.78 is 5.43. The summed E-state index contributed by atoms with van der Waals surface area (Å²) in [5, 5.41) is 8.97. The molecule has 1 atom stereocenters. The van der Waals surface area contributed by atoms with Crippen LogP contribution in [0.4, 0.5) is 0 Å². The average Bonchev–Trinajstić information content (AvgIpc) is 3.14. The largest absolute Gasteiger partial charge is 0.479 e. The van der Waals surface area contributed by atoms with Crippen LogP contribution in [0.25, 0.3) is 0 Å². The van der Waals surface area contributed by atoms with Crippen molar-refractivity contribution in [1.82, 2.24) is 4.98 Å². The quantitative estimate of drug-likeness (QED) is 0.733. The number of aromatic nitrogens is 1. The second-order valence-electron chi connectivity index (χ2n) is 4.43. The molecule has 4 heteroatoms. The van der Waals surface area contributed by atoms with E-state index in [9.17, 15) is 4.79 Å². The Morgan fingerprint density at radius 3 is 2.76 bits per heavy atom. The monoisotopic (exact) mass is 235 g/mol. The fourth-order valence-electron chi connectivity index (χ4n) is 1.84. The third kappa shape index (κ3) is 3.82. The number of rotatable bonds is 7.